The molecule has 0 aromatic heterocycles. The molecular weight excluding hydrogens is 1310 g/mol. The molecule has 14 aromatic rings. The molecule has 106 heavy (non-hydrogen) atoms. The Bertz CT molecular complexity index is 4880. The summed E-state index contributed by atoms with van der Waals surface area (Å²) < 4.78 is 0. The summed E-state index contributed by atoms with van der Waals surface area (Å²) in [6, 6.07) is 119. The van der Waals surface area contributed by atoms with E-state index in [9.17, 15) is 28.8 Å². The second-order valence-corrected chi connectivity index (χ2v) is 25.5. The molecule has 0 saturated heterocycles. The van der Waals surface area contributed by atoms with E-state index in [1.807, 2.05) is 97.1 Å². The van der Waals surface area contributed by atoms with E-state index in [-0.39, 0.29) is 35.4 Å². The van der Waals surface area contributed by atoms with Crippen LogP contribution in [-0.2, 0) is 10.8 Å². The maximum Gasteiger partial charge on any atom is 0.255 e. The monoisotopic (exact) mass is 1380 g/mol. The fraction of sp³-hybridized carbons (Fsp3) is 0.0213. The van der Waals surface area contributed by atoms with Crippen molar-refractivity contribution in [1.82, 2.24) is 0 Å². The highest BCUT2D eigenvalue weighted by Gasteiger charge is 2.40. The van der Waals surface area contributed by atoms with E-state index in [1.165, 1.54) is 0 Å². The van der Waals surface area contributed by atoms with Gasteiger partial charge >= 0.3 is 0 Å². The number of rotatable bonds is 22. The lowest BCUT2D eigenvalue weighted by Crippen LogP contribution is -2.31. The van der Waals surface area contributed by atoms with E-state index in [0.717, 1.165) is 55.6 Å². The van der Waals surface area contributed by atoms with E-state index >= 15 is 0 Å². The molecule has 6 N–H and O–H groups in total. The molecule has 0 bridgehead atoms. The van der Waals surface area contributed by atoms with Crippen LogP contribution in [0.5, 0.6) is 0 Å². The van der Waals surface area contributed by atoms with Gasteiger partial charge < -0.3 is 31.9 Å². The van der Waals surface area contributed by atoms with E-state index in [4.69, 9.17) is 0 Å². The van der Waals surface area contributed by atoms with E-state index in [0.29, 0.717) is 67.5 Å². The predicted octanol–water partition coefficient (Wildman–Crippen LogP) is 20.1. The van der Waals surface area contributed by atoms with Gasteiger partial charge in [-0.2, -0.15) is 0 Å². The number of benzene rings is 14. The third-order valence-electron chi connectivity index (χ3n) is 18.8. The van der Waals surface area contributed by atoms with Crippen LogP contribution in [0.15, 0.2) is 376 Å². The van der Waals surface area contributed by atoms with Gasteiger partial charge in [0.2, 0.25) is 0 Å². The summed E-state index contributed by atoms with van der Waals surface area (Å²) in [7, 11) is 0. The molecule has 0 spiro atoms. The molecule has 12 nitrogen and oxygen atoms in total. The van der Waals surface area contributed by atoms with Crippen molar-refractivity contribution in [2.24, 2.45) is 0 Å². The summed E-state index contributed by atoms with van der Waals surface area (Å²) >= 11 is 0. The van der Waals surface area contributed by atoms with Crippen molar-refractivity contribution in [3.05, 3.63) is 465 Å². The maximum atomic E-state index is 13.5. The largest absolute Gasteiger partial charge is 0.322 e. The Morgan fingerprint density at radius 1 is 0.170 bits per heavy atom. The molecule has 14 rings (SSSR count). The van der Waals surface area contributed by atoms with Crippen molar-refractivity contribution in [3.63, 3.8) is 0 Å². The number of hydrogen-bond acceptors (Lipinski definition) is 6. The van der Waals surface area contributed by atoms with Crippen LogP contribution in [0.4, 0.5) is 34.1 Å². The Morgan fingerprint density at radius 3 is 0.481 bits per heavy atom. The van der Waals surface area contributed by atoms with Crippen LogP contribution in [0.3, 0.4) is 0 Å². The highest BCUT2D eigenvalue weighted by atomic mass is 16.2. The van der Waals surface area contributed by atoms with E-state index in [1.54, 1.807) is 121 Å². The van der Waals surface area contributed by atoms with Gasteiger partial charge in [0.15, 0.2) is 0 Å². The minimum absolute atomic E-state index is 0.295. The summed E-state index contributed by atoms with van der Waals surface area (Å²) in [5.41, 5.74) is 15.1. The van der Waals surface area contributed by atoms with Gasteiger partial charge in [0.25, 0.3) is 35.4 Å². The number of anilines is 6. The summed E-state index contributed by atoms with van der Waals surface area (Å²) in [4.78, 5) is 80.3. The molecule has 6 amide bonds. The fourth-order valence-corrected chi connectivity index (χ4v) is 13.5. The molecule has 0 aliphatic heterocycles. The Balaban J connectivity index is 0.516. The highest BCUT2D eigenvalue weighted by molar-refractivity contribution is 6.09. The van der Waals surface area contributed by atoms with Crippen molar-refractivity contribution >= 4 is 81.7 Å². The lowest BCUT2D eigenvalue weighted by atomic mass is 9.65. The molecule has 0 heterocycles. The number of hydrogen-bond donors (Lipinski definition) is 6. The summed E-state index contributed by atoms with van der Waals surface area (Å²) in [6.45, 7) is 0. The van der Waals surface area contributed by atoms with E-state index in [2.05, 4.69) is 202 Å². The summed E-state index contributed by atoms with van der Waals surface area (Å²) in [6.07, 6.45) is 3.81. The van der Waals surface area contributed by atoms with Gasteiger partial charge in [0, 0.05) is 67.5 Å². The Morgan fingerprint density at radius 2 is 0.311 bits per heavy atom. The second kappa shape index (κ2) is 31.7. The average molecular weight is 1380 g/mol. The molecular formula is C94H70N6O6. The molecule has 0 aliphatic carbocycles. The van der Waals surface area contributed by atoms with Crippen LogP contribution in [0.2, 0.25) is 0 Å². The molecule has 0 atom stereocenters. The molecule has 0 unspecified atom stereocenters. The van der Waals surface area contributed by atoms with Crippen LogP contribution in [-0.4, -0.2) is 35.4 Å². The quantitative estimate of drug-likeness (QED) is 0.0291. The Kier molecular flexibility index (Phi) is 20.5. The van der Waals surface area contributed by atoms with Gasteiger partial charge in [-0.15, -0.1) is 0 Å². The summed E-state index contributed by atoms with van der Waals surface area (Å²) in [5.74, 6) is -1.95. The summed E-state index contributed by atoms with van der Waals surface area (Å²) in [5, 5.41) is 17.6. The second-order valence-electron chi connectivity index (χ2n) is 25.5. The number of nitrogens with one attached hydrogen (secondary N) is 6. The number of carbonyl (C=O) groups is 6. The van der Waals surface area contributed by atoms with Crippen molar-refractivity contribution < 1.29 is 28.8 Å². The molecule has 0 aliphatic rings. The smallest absolute Gasteiger partial charge is 0.255 e. The van der Waals surface area contributed by atoms with Crippen molar-refractivity contribution in [3.8, 4) is 0 Å². The Hall–Kier alpha value is -14.4. The normalized spacial score (nSPS) is 11.2. The topological polar surface area (TPSA) is 175 Å². The molecule has 0 radical (unpaired) electrons. The van der Waals surface area contributed by atoms with Gasteiger partial charge in [-0.05, 0) is 201 Å². The Labute approximate surface area is 614 Å². The minimum Gasteiger partial charge on any atom is -0.322 e. The van der Waals surface area contributed by atoms with Crippen molar-refractivity contribution in [2.75, 3.05) is 31.9 Å². The van der Waals surface area contributed by atoms with Crippen LogP contribution in [0, 0.1) is 0 Å². The molecule has 512 valence electrons. The van der Waals surface area contributed by atoms with Gasteiger partial charge in [0.05, 0.1) is 10.8 Å². The molecule has 12 heteroatoms. The van der Waals surface area contributed by atoms with Crippen LogP contribution >= 0.6 is 0 Å². The zero-order valence-electron chi connectivity index (χ0n) is 57.4. The standard InChI is InChI=1S/C94H70N6O6/c101-87(95-81-53-41-69(42-54-81)89(103)97-83-57-45-71(46-58-83)91(105)99-85-61-49-79(50-62-85)93(73-19-7-1-8-20-73,74-21-9-2-10-22-74)75-23-11-3-12-24-75)67-37-33-65(34-38-67)31-32-66-35-39-68(40-36-66)88(102)96-82-55-43-70(44-56-82)90(104)98-84-59-47-72(48-60-84)92(106)100-86-63-51-80(52-64-86)94(76-25-13-4-14-26-76,77-27-15-5-16-28-77)78-29-17-6-18-30-78/h1-64H,(H,95,101)(H,96,102)(H,97,103)(H,98,104)(H,99,105)(H,100,106)/b32-31+. The average Bonchev–Trinajstić information content (AvgIpc) is 0.741. The van der Waals surface area contributed by atoms with Gasteiger partial charge in [0.1, 0.15) is 0 Å². The third kappa shape index (κ3) is 15.3. The van der Waals surface area contributed by atoms with Crippen molar-refractivity contribution in [2.45, 2.75) is 10.8 Å². The van der Waals surface area contributed by atoms with Crippen LogP contribution < -0.4 is 31.9 Å². The highest BCUT2D eigenvalue weighted by Crippen LogP contribution is 2.47. The molecule has 0 saturated carbocycles. The first kappa shape index (κ1) is 68.8. The minimum atomic E-state index is -0.613. The zero-order valence-corrected chi connectivity index (χ0v) is 57.4. The first-order chi connectivity index (χ1) is 52.0. The first-order valence-electron chi connectivity index (χ1n) is 34.7. The predicted molar refractivity (Wildman–Crippen MR) is 425 cm³/mol. The number of amides is 6. The first-order valence-corrected chi connectivity index (χ1v) is 34.7. The molecule has 0 fully saturated rings. The van der Waals surface area contributed by atoms with Gasteiger partial charge in [-0.1, -0.05) is 243 Å². The lowest BCUT2D eigenvalue weighted by Gasteiger charge is -2.37. The molecule has 14 aromatic carbocycles. The number of carbonyl (C=O) groups excluding carboxylic acids is 6. The van der Waals surface area contributed by atoms with Gasteiger partial charge in [-0.3, -0.25) is 28.8 Å². The fourth-order valence-electron chi connectivity index (χ4n) is 13.5. The van der Waals surface area contributed by atoms with E-state index < -0.39 is 10.8 Å². The van der Waals surface area contributed by atoms with Gasteiger partial charge in [-0.25, -0.2) is 0 Å². The zero-order chi connectivity index (χ0) is 72.7. The third-order valence-corrected chi connectivity index (χ3v) is 18.8. The lowest BCUT2D eigenvalue weighted by molar-refractivity contribution is 0.101. The SMILES string of the molecule is O=C(Nc1ccc(C(=O)Nc2ccc(C(=O)Nc3ccc(C(c4ccccc4)(c4ccccc4)c4ccccc4)cc3)cc2)cc1)c1ccc(/C=C/c2ccc(C(=O)Nc3ccc(C(=O)Nc4ccc(C(=O)Nc5ccc(C(c6ccccc6)(c6ccccc6)c6ccccc6)cc5)cc4)cc3)cc2)cc1. The van der Waals surface area contributed by atoms with Crippen molar-refractivity contribution in [1.29, 1.82) is 0 Å². The maximum absolute atomic E-state index is 13.5. The van der Waals surface area contributed by atoms with Crippen LogP contribution in [0.1, 0.15) is 118 Å². The van der Waals surface area contributed by atoms with Crippen LogP contribution in [0.25, 0.3) is 12.2 Å².